The Morgan fingerprint density at radius 3 is 2.42 bits per heavy atom. The lowest BCUT2D eigenvalue weighted by Crippen LogP contribution is -2.22. The van der Waals surface area contributed by atoms with Gasteiger partial charge in [0.25, 0.3) is 5.56 Å². The minimum atomic E-state index is -0.441. The molecule has 0 aliphatic carbocycles. The topological polar surface area (TPSA) is 84.8 Å². The van der Waals surface area contributed by atoms with Crippen molar-refractivity contribution in [3.05, 3.63) is 113 Å². The summed E-state index contributed by atoms with van der Waals surface area (Å²) in [5.74, 6) is -0.0283. The molecule has 8 heteroatoms. The first-order valence-electron chi connectivity index (χ1n) is 10.4. The third-order valence-corrected chi connectivity index (χ3v) is 5.19. The number of nitrogens with one attached hydrogen (secondary N) is 2. The number of halogens is 1. The average molecular weight is 441 g/mol. The Morgan fingerprint density at radius 2 is 1.67 bits per heavy atom. The van der Waals surface area contributed by atoms with E-state index < -0.39 is 11.9 Å². The van der Waals surface area contributed by atoms with Crippen LogP contribution in [0.15, 0.2) is 95.9 Å². The maximum atomic E-state index is 14.1. The van der Waals surface area contributed by atoms with Crippen molar-refractivity contribution in [3.63, 3.8) is 0 Å². The summed E-state index contributed by atoms with van der Waals surface area (Å²) in [5, 5.41) is 7.94. The van der Waals surface area contributed by atoms with Crippen LogP contribution in [0.4, 0.5) is 10.3 Å². The number of hydrogen-bond acceptors (Lipinski definition) is 5. The van der Waals surface area contributed by atoms with Gasteiger partial charge < -0.3 is 10.1 Å². The minimum Gasteiger partial charge on any atom is -0.488 e. The van der Waals surface area contributed by atoms with Crippen LogP contribution in [-0.4, -0.2) is 26.4 Å². The van der Waals surface area contributed by atoms with Crippen molar-refractivity contribution in [3.8, 4) is 11.4 Å². The van der Waals surface area contributed by atoms with E-state index in [2.05, 4.69) is 20.4 Å². The summed E-state index contributed by atoms with van der Waals surface area (Å²) >= 11 is 0. The molecule has 164 valence electrons. The Balaban J connectivity index is 1.49. The second-order valence-electron chi connectivity index (χ2n) is 7.39. The van der Waals surface area contributed by atoms with Crippen LogP contribution in [0.25, 0.3) is 16.7 Å². The smallest absolute Gasteiger partial charge is 0.263 e. The summed E-state index contributed by atoms with van der Waals surface area (Å²) < 4.78 is 21.4. The second-order valence-corrected chi connectivity index (χ2v) is 7.39. The van der Waals surface area contributed by atoms with E-state index in [-0.39, 0.29) is 23.9 Å². The van der Waals surface area contributed by atoms with Gasteiger partial charge in [0.2, 0.25) is 5.95 Å². The van der Waals surface area contributed by atoms with Crippen molar-refractivity contribution in [1.82, 2.24) is 19.7 Å². The highest BCUT2D eigenvalue weighted by atomic mass is 19.1. The maximum Gasteiger partial charge on any atom is 0.263 e. The minimum absolute atomic E-state index is 0.116. The highest BCUT2D eigenvalue weighted by molar-refractivity contribution is 5.76. The van der Waals surface area contributed by atoms with Crippen LogP contribution < -0.4 is 15.6 Å². The Morgan fingerprint density at radius 1 is 0.970 bits per heavy atom. The Hall–Kier alpha value is -4.46. The molecule has 0 radical (unpaired) electrons. The van der Waals surface area contributed by atoms with Crippen molar-refractivity contribution in [2.24, 2.45) is 0 Å². The summed E-state index contributed by atoms with van der Waals surface area (Å²) in [6, 6.07) is 24.8. The van der Waals surface area contributed by atoms with E-state index in [1.165, 1.54) is 12.3 Å². The van der Waals surface area contributed by atoms with Crippen LogP contribution in [0.3, 0.4) is 0 Å². The lowest BCUT2D eigenvalue weighted by atomic mass is 10.1. The molecule has 33 heavy (non-hydrogen) atoms. The summed E-state index contributed by atoms with van der Waals surface area (Å²) in [7, 11) is 0. The number of aromatic nitrogens is 4. The van der Waals surface area contributed by atoms with Gasteiger partial charge in [-0.3, -0.25) is 9.78 Å². The van der Waals surface area contributed by atoms with E-state index in [0.717, 1.165) is 11.3 Å². The average Bonchev–Trinajstić information content (AvgIpc) is 3.28. The zero-order chi connectivity index (χ0) is 22.6. The molecule has 0 bridgehead atoms. The third-order valence-electron chi connectivity index (χ3n) is 5.19. The van der Waals surface area contributed by atoms with E-state index in [1.54, 1.807) is 22.9 Å². The first-order chi connectivity index (χ1) is 16.2. The third kappa shape index (κ3) is 4.31. The zero-order valence-electron chi connectivity index (χ0n) is 17.5. The lowest BCUT2D eigenvalue weighted by Gasteiger charge is -2.20. The molecule has 3 aromatic carbocycles. The predicted octanol–water partition coefficient (Wildman–Crippen LogP) is 4.48. The number of anilines is 1. The number of aromatic amines is 1. The first kappa shape index (κ1) is 20.4. The van der Waals surface area contributed by atoms with Crippen LogP contribution in [0.1, 0.15) is 11.6 Å². The number of hydrogen-bond donors (Lipinski definition) is 2. The SMILES string of the molecule is O=c1[nH]c(NC(COc2ccccc2F)c2ccccc2)nc2c1cnn2-c1ccccc1. The molecule has 2 N–H and O–H groups in total. The van der Waals surface area contributed by atoms with Crippen LogP contribution in [0.2, 0.25) is 0 Å². The summed E-state index contributed by atoms with van der Waals surface area (Å²) in [6.07, 6.45) is 1.49. The number of fused-ring (bicyclic) bond motifs is 1. The molecule has 0 spiro atoms. The summed E-state index contributed by atoms with van der Waals surface area (Å²) in [4.78, 5) is 20.1. The van der Waals surface area contributed by atoms with Gasteiger partial charge in [0.1, 0.15) is 12.0 Å². The second kappa shape index (κ2) is 8.96. The van der Waals surface area contributed by atoms with Gasteiger partial charge in [0.05, 0.1) is 17.9 Å². The van der Waals surface area contributed by atoms with Crippen LogP contribution >= 0.6 is 0 Å². The van der Waals surface area contributed by atoms with E-state index in [0.29, 0.717) is 11.0 Å². The van der Waals surface area contributed by atoms with Gasteiger partial charge in [0, 0.05) is 0 Å². The number of ether oxygens (including phenoxy) is 1. The molecule has 7 nitrogen and oxygen atoms in total. The fraction of sp³-hybridized carbons (Fsp3) is 0.0800. The Bertz CT molecular complexity index is 1430. The molecule has 1 atom stereocenters. The van der Waals surface area contributed by atoms with E-state index >= 15 is 0 Å². The van der Waals surface area contributed by atoms with Crippen molar-refractivity contribution in [2.75, 3.05) is 11.9 Å². The van der Waals surface area contributed by atoms with Gasteiger partial charge in [-0.05, 0) is 29.8 Å². The van der Waals surface area contributed by atoms with Crippen LogP contribution in [-0.2, 0) is 0 Å². The highest BCUT2D eigenvalue weighted by Gasteiger charge is 2.17. The standard InChI is InChI=1S/C25H20FN5O2/c26-20-13-7-8-14-22(20)33-16-21(17-9-3-1-4-10-17)28-25-29-23-19(24(32)30-25)15-27-31(23)18-11-5-2-6-12-18/h1-15,21H,16H2,(H2,28,29,30,32). The number of H-pyrrole nitrogens is 1. The predicted molar refractivity (Wildman–Crippen MR) is 124 cm³/mol. The van der Waals surface area contributed by atoms with Crippen molar-refractivity contribution >= 4 is 17.0 Å². The Kier molecular flexibility index (Phi) is 5.55. The van der Waals surface area contributed by atoms with Gasteiger partial charge in [-0.25, -0.2) is 9.07 Å². The highest BCUT2D eigenvalue weighted by Crippen LogP contribution is 2.22. The number of para-hydroxylation sites is 2. The summed E-state index contributed by atoms with van der Waals surface area (Å²) in [5.41, 5.74) is 1.80. The molecule has 2 aromatic heterocycles. The molecular weight excluding hydrogens is 421 g/mol. The van der Waals surface area contributed by atoms with Crippen LogP contribution in [0.5, 0.6) is 5.75 Å². The van der Waals surface area contributed by atoms with Gasteiger partial charge in [-0.1, -0.05) is 60.7 Å². The number of rotatable bonds is 7. The normalized spacial score (nSPS) is 11.9. The van der Waals surface area contributed by atoms with Crippen molar-refractivity contribution in [1.29, 1.82) is 0 Å². The molecule has 2 heterocycles. The molecule has 0 aliphatic heterocycles. The fourth-order valence-corrected chi connectivity index (χ4v) is 3.55. The molecule has 5 rings (SSSR count). The van der Waals surface area contributed by atoms with Gasteiger partial charge in [-0.2, -0.15) is 10.1 Å². The van der Waals surface area contributed by atoms with Crippen LogP contribution in [0, 0.1) is 5.82 Å². The maximum absolute atomic E-state index is 14.1. The lowest BCUT2D eigenvalue weighted by molar-refractivity contribution is 0.284. The quantitative estimate of drug-likeness (QED) is 0.389. The van der Waals surface area contributed by atoms with Gasteiger partial charge in [-0.15, -0.1) is 0 Å². The van der Waals surface area contributed by atoms with E-state index in [9.17, 15) is 9.18 Å². The number of benzene rings is 3. The zero-order valence-corrected chi connectivity index (χ0v) is 17.5. The molecule has 1 unspecified atom stereocenters. The first-order valence-corrected chi connectivity index (χ1v) is 10.4. The molecule has 5 aromatic rings. The van der Waals surface area contributed by atoms with Gasteiger partial charge in [0.15, 0.2) is 17.2 Å². The van der Waals surface area contributed by atoms with Crippen molar-refractivity contribution in [2.45, 2.75) is 6.04 Å². The molecule has 0 saturated heterocycles. The fourth-order valence-electron chi connectivity index (χ4n) is 3.55. The molecule has 0 saturated carbocycles. The molecular formula is C25H20FN5O2. The largest absolute Gasteiger partial charge is 0.488 e. The monoisotopic (exact) mass is 441 g/mol. The molecule has 0 fully saturated rings. The van der Waals surface area contributed by atoms with Crippen molar-refractivity contribution < 1.29 is 9.13 Å². The summed E-state index contributed by atoms with van der Waals surface area (Å²) in [6.45, 7) is 0.116. The Labute approximate surface area is 188 Å². The van der Waals surface area contributed by atoms with Gasteiger partial charge >= 0.3 is 0 Å². The van der Waals surface area contributed by atoms with E-state index in [1.807, 2.05) is 60.7 Å². The number of nitrogens with zero attached hydrogens (tertiary/aromatic N) is 3. The van der Waals surface area contributed by atoms with E-state index in [4.69, 9.17) is 4.74 Å². The molecule has 0 amide bonds. The molecule has 0 aliphatic rings.